The molecular formula is C12H17N3O4. The molecule has 0 aliphatic carbocycles. The van der Waals surface area contributed by atoms with Crippen molar-refractivity contribution >= 4 is 12.1 Å². The molecule has 0 saturated heterocycles. The van der Waals surface area contributed by atoms with E-state index in [9.17, 15) is 9.59 Å². The smallest absolute Gasteiger partial charge is 0.408 e. The average molecular weight is 267 g/mol. The van der Waals surface area contributed by atoms with E-state index >= 15 is 0 Å². The Labute approximate surface area is 111 Å². The van der Waals surface area contributed by atoms with Gasteiger partial charge < -0.3 is 15.2 Å². The third kappa shape index (κ3) is 5.80. The average Bonchev–Trinajstić information content (AvgIpc) is 2.26. The summed E-state index contributed by atoms with van der Waals surface area (Å²) in [6.07, 6.45) is 3.32. The van der Waals surface area contributed by atoms with Gasteiger partial charge in [-0.05, 0) is 20.8 Å². The Balaban J connectivity index is 2.76. The summed E-state index contributed by atoms with van der Waals surface area (Å²) in [5.41, 5.74) is -0.281. The number of rotatable bonds is 4. The topological polar surface area (TPSA) is 101 Å². The van der Waals surface area contributed by atoms with Gasteiger partial charge in [-0.2, -0.15) is 0 Å². The second-order valence-electron chi connectivity index (χ2n) is 4.93. The van der Waals surface area contributed by atoms with Crippen molar-refractivity contribution in [1.29, 1.82) is 0 Å². The first-order valence-electron chi connectivity index (χ1n) is 5.75. The largest absolute Gasteiger partial charge is 0.481 e. The molecule has 0 spiro atoms. The first kappa shape index (κ1) is 14.9. The number of aromatic nitrogens is 2. The number of nitrogens with one attached hydrogen (secondary N) is 1. The van der Waals surface area contributed by atoms with Crippen molar-refractivity contribution in [3.05, 3.63) is 24.3 Å². The molecule has 1 aromatic rings. The third-order valence-corrected chi connectivity index (χ3v) is 2.01. The Morgan fingerprint density at radius 2 is 2.11 bits per heavy atom. The number of nitrogens with zero attached hydrogens (tertiary/aromatic N) is 2. The van der Waals surface area contributed by atoms with Crippen molar-refractivity contribution in [2.75, 3.05) is 0 Å². The van der Waals surface area contributed by atoms with Crippen LogP contribution in [0.15, 0.2) is 18.6 Å². The van der Waals surface area contributed by atoms with E-state index in [1.807, 2.05) is 0 Å². The van der Waals surface area contributed by atoms with E-state index < -0.39 is 23.7 Å². The van der Waals surface area contributed by atoms with E-state index in [0.717, 1.165) is 0 Å². The van der Waals surface area contributed by atoms with Gasteiger partial charge in [0.1, 0.15) is 5.60 Å². The van der Waals surface area contributed by atoms with Gasteiger partial charge >= 0.3 is 12.1 Å². The highest BCUT2D eigenvalue weighted by molar-refractivity contribution is 5.71. The number of carboxylic acids is 1. The number of carboxylic acid groups (broad SMARTS) is 1. The van der Waals surface area contributed by atoms with Crippen molar-refractivity contribution in [3.63, 3.8) is 0 Å². The summed E-state index contributed by atoms with van der Waals surface area (Å²) in [6, 6.07) is -0.777. The van der Waals surface area contributed by atoms with Gasteiger partial charge in [0.2, 0.25) is 0 Å². The van der Waals surface area contributed by atoms with Crippen LogP contribution in [0.4, 0.5) is 4.79 Å². The molecule has 0 radical (unpaired) electrons. The maximum atomic E-state index is 11.6. The summed E-state index contributed by atoms with van der Waals surface area (Å²) in [7, 11) is 0. The highest BCUT2D eigenvalue weighted by atomic mass is 16.6. The predicted octanol–water partition coefficient (Wildman–Crippen LogP) is 1.52. The van der Waals surface area contributed by atoms with Gasteiger partial charge in [-0.3, -0.25) is 14.8 Å². The summed E-state index contributed by atoms with van der Waals surface area (Å²) in [6.45, 7) is 5.17. The maximum absolute atomic E-state index is 11.6. The monoisotopic (exact) mass is 267 g/mol. The Morgan fingerprint density at radius 3 is 2.58 bits per heavy atom. The third-order valence-electron chi connectivity index (χ3n) is 2.01. The fourth-order valence-corrected chi connectivity index (χ4v) is 1.34. The van der Waals surface area contributed by atoms with E-state index in [1.54, 1.807) is 20.8 Å². The fraction of sp³-hybridized carbons (Fsp3) is 0.500. The van der Waals surface area contributed by atoms with Crippen molar-refractivity contribution in [1.82, 2.24) is 15.3 Å². The quantitative estimate of drug-likeness (QED) is 0.857. The zero-order valence-electron chi connectivity index (χ0n) is 11.1. The van der Waals surface area contributed by atoms with Gasteiger partial charge in [-0.25, -0.2) is 4.79 Å². The minimum absolute atomic E-state index is 0.294. The zero-order valence-corrected chi connectivity index (χ0v) is 11.1. The van der Waals surface area contributed by atoms with Crippen LogP contribution in [0.5, 0.6) is 0 Å². The zero-order chi connectivity index (χ0) is 14.5. The molecule has 7 nitrogen and oxygen atoms in total. The predicted molar refractivity (Wildman–Crippen MR) is 66.4 cm³/mol. The Hall–Kier alpha value is -2.18. The molecule has 0 aliphatic heterocycles. The van der Waals surface area contributed by atoms with Crippen molar-refractivity contribution < 1.29 is 19.4 Å². The van der Waals surface area contributed by atoms with Crippen LogP contribution in [0.3, 0.4) is 0 Å². The van der Waals surface area contributed by atoms with Crippen LogP contribution in [0, 0.1) is 0 Å². The lowest BCUT2D eigenvalue weighted by molar-refractivity contribution is -0.137. The molecule has 1 rings (SSSR count). The van der Waals surface area contributed by atoms with Crippen molar-refractivity contribution in [2.24, 2.45) is 0 Å². The SMILES string of the molecule is CC(C)(C)OC(=O)N[C@H](CC(=O)O)c1cnccn1. The van der Waals surface area contributed by atoms with Gasteiger partial charge in [-0.15, -0.1) is 0 Å². The maximum Gasteiger partial charge on any atom is 0.408 e. The Kier molecular flexibility index (Phi) is 4.80. The molecule has 1 heterocycles. The van der Waals surface area contributed by atoms with E-state index in [2.05, 4.69) is 15.3 Å². The minimum Gasteiger partial charge on any atom is -0.481 e. The number of amides is 1. The normalized spacial score (nSPS) is 12.6. The molecule has 1 atom stereocenters. The molecule has 0 aliphatic rings. The number of hydrogen-bond acceptors (Lipinski definition) is 5. The first-order chi connectivity index (χ1) is 8.78. The number of hydrogen-bond donors (Lipinski definition) is 2. The highest BCUT2D eigenvalue weighted by Crippen LogP contribution is 2.15. The molecule has 1 aromatic heterocycles. The van der Waals surface area contributed by atoms with E-state index in [4.69, 9.17) is 9.84 Å². The summed E-state index contributed by atoms with van der Waals surface area (Å²) in [4.78, 5) is 30.3. The molecule has 7 heteroatoms. The summed E-state index contributed by atoms with van der Waals surface area (Å²) < 4.78 is 5.08. The van der Waals surface area contributed by atoms with Gasteiger partial charge in [0.05, 0.1) is 24.4 Å². The first-order valence-corrected chi connectivity index (χ1v) is 5.75. The van der Waals surface area contributed by atoms with E-state index in [1.165, 1.54) is 18.6 Å². The van der Waals surface area contributed by atoms with Gasteiger partial charge in [0.15, 0.2) is 0 Å². The molecule has 0 aromatic carbocycles. The highest BCUT2D eigenvalue weighted by Gasteiger charge is 2.23. The number of aliphatic carboxylic acids is 1. The molecular weight excluding hydrogens is 250 g/mol. The lowest BCUT2D eigenvalue weighted by Gasteiger charge is -2.22. The number of ether oxygens (including phenoxy) is 1. The molecule has 19 heavy (non-hydrogen) atoms. The molecule has 2 N–H and O–H groups in total. The van der Waals surface area contributed by atoms with E-state index in [-0.39, 0.29) is 6.42 Å². The van der Waals surface area contributed by atoms with Crippen LogP contribution in [-0.4, -0.2) is 32.7 Å². The van der Waals surface area contributed by atoms with Crippen LogP contribution in [0.1, 0.15) is 38.9 Å². The summed E-state index contributed by atoms with van der Waals surface area (Å²) in [5.74, 6) is -1.05. The molecule has 104 valence electrons. The molecule has 1 amide bonds. The van der Waals surface area contributed by atoms with Crippen LogP contribution in [0.25, 0.3) is 0 Å². The second-order valence-corrected chi connectivity index (χ2v) is 4.93. The Bertz CT molecular complexity index is 442. The molecule has 0 saturated carbocycles. The summed E-state index contributed by atoms with van der Waals surface area (Å²) in [5, 5.41) is 11.3. The summed E-state index contributed by atoms with van der Waals surface area (Å²) >= 11 is 0. The lowest BCUT2D eigenvalue weighted by Crippen LogP contribution is -2.36. The van der Waals surface area contributed by atoms with Gasteiger partial charge in [0, 0.05) is 12.4 Å². The molecule has 0 fully saturated rings. The number of carbonyl (C=O) groups excluding carboxylic acids is 1. The van der Waals surface area contributed by atoms with Crippen LogP contribution in [-0.2, 0) is 9.53 Å². The molecule has 0 bridgehead atoms. The Morgan fingerprint density at radius 1 is 1.42 bits per heavy atom. The molecule has 0 unspecified atom stereocenters. The van der Waals surface area contributed by atoms with Gasteiger partial charge in [0.25, 0.3) is 0 Å². The standard InChI is InChI=1S/C12H17N3O4/c1-12(2,3)19-11(18)15-8(6-10(16)17)9-7-13-4-5-14-9/h4-5,7-8H,6H2,1-3H3,(H,15,18)(H,16,17)/t8-/m1/s1. The van der Waals surface area contributed by atoms with Crippen LogP contribution in [0.2, 0.25) is 0 Å². The number of alkyl carbamates (subject to hydrolysis) is 1. The minimum atomic E-state index is -1.05. The second kappa shape index (κ2) is 6.12. The fourth-order valence-electron chi connectivity index (χ4n) is 1.34. The van der Waals surface area contributed by atoms with E-state index in [0.29, 0.717) is 5.69 Å². The van der Waals surface area contributed by atoms with Crippen LogP contribution < -0.4 is 5.32 Å². The lowest BCUT2D eigenvalue weighted by atomic mass is 10.1. The van der Waals surface area contributed by atoms with Gasteiger partial charge in [-0.1, -0.05) is 0 Å². The van der Waals surface area contributed by atoms with Crippen molar-refractivity contribution in [2.45, 2.75) is 38.8 Å². The van der Waals surface area contributed by atoms with Crippen molar-refractivity contribution in [3.8, 4) is 0 Å². The number of carbonyl (C=O) groups is 2. The van der Waals surface area contributed by atoms with Crippen LogP contribution >= 0.6 is 0 Å².